The molecule has 1 saturated carbocycles. The summed E-state index contributed by atoms with van der Waals surface area (Å²) in [5.41, 5.74) is 7.91. The number of hydrogen-bond acceptors (Lipinski definition) is 7. The summed E-state index contributed by atoms with van der Waals surface area (Å²) in [4.78, 5) is 36.1. The van der Waals surface area contributed by atoms with Gasteiger partial charge in [0, 0.05) is 31.9 Å². The minimum Gasteiger partial charge on any atom is -0.364 e. The number of primary amides is 1. The quantitative estimate of drug-likeness (QED) is 0.446. The highest BCUT2D eigenvalue weighted by molar-refractivity contribution is 6.33. The predicted molar refractivity (Wildman–Crippen MR) is 138 cm³/mol. The van der Waals surface area contributed by atoms with E-state index in [-0.39, 0.29) is 29.5 Å². The van der Waals surface area contributed by atoms with E-state index < -0.39 is 5.91 Å². The van der Waals surface area contributed by atoms with Gasteiger partial charge in [-0.15, -0.1) is 0 Å². The summed E-state index contributed by atoms with van der Waals surface area (Å²) >= 11 is 6.46. The van der Waals surface area contributed by atoms with Gasteiger partial charge in [0.2, 0.25) is 0 Å². The van der Waals surface area contributed by atoms with Gasteiger partial charge in [-0.2, -0.15) is 5.10 Å². The molecule has 5 rings (SSSR count). The number of nitrogens with two attached hydrogens (primary N) is 1. The van der Waals surface area contributed by atoms with Crippen LogP contribution in [-0.2, 0) is 7.05 Å². The Hall–Kier alpha value is -3.66. The summed E-state index contributed by atoms with van der Waals surface area (Å²) in [5, 5.41) is 10.9. The van der Waals surface area contributed by atoms with E-state index in [1.54, 1.807) is 30.3 Å². The number of nitrogens with one attached hydrogen (secondary N) is 2. The van der Waals surface area contributed by atoms with Crippen LogP contribution in [0.15, 0.2) is 36.8 Å². The lowest BCUT2D eigenvalue weighted by molar-refractivity contribution is 0.0923. The molecule has 2 aliphatic rings. The lowest BCUT2D eigenvalue weighted by atomic mass is 9.96. The Balaban J connectivity index is 1.34. The highest BCUT2D eigenvalue weighted by Gasteiger charge is 2.32. The highest BCUT2D eigenvalue weighted by atomic mass is 35.5. The molecule has 1 aliphatic heterocycles. The van der Waals surface area contributed by atoms with Gasteiger partial charge in [0.1, 0.15) is 5.82 Å². The van der Waals surface area contributed by atoms with Crippen LogP contribution in [0.5, 0.6) is 0 Å². The molecule has 2 amide bonds. The van der Waals surface area contributed by atoms with E-state index in [4.69, 9.17) is 17.3 Å². The molecule has 2 fully saturated rings. The predicted octanol–water partition coefficient (Wildman–Crippen LogP) is 3.37. The maximum absolute atomic E-state index is 13.1. The van der Waals surface area contributed by atoms with Gasteiger partial charge in [-0.25, -0.2) is 9.97 Å². The number of halogens is 1. The molecule has 3 aromatic rings. The van der Waals surface area contributed by atoms with Gasteiger partial charge in [-0.1, -0.05) is 17.7 Å². The van der Waals surface area contributed by atoms with Crippen molar-refractivity contribution in [2.24, 2.45) is 12.8 Å². The fourth-order valence-corrected chi connectivity index (χ4v) is 4.97. The summed E-state index contributed by atoms with van der Waals surface area (Å²) in [6, 6.07) is 5.56. The minimum absolute atomic E-state index is 0.0430. The van der Waals surface area contributed by atoms with Crippen LogP contribution in [0.4, 0.5) is 17.3 Å². The molecular weight excluding hydrogens is 480 g/mol. The van der Waals surface area contributed by atoms with Gasteiger partial charge in [0.15, 0.2) is 11.5 Å². The van der Waals surface area contributed by atoms with Gasteiger partial charge in [-0.3, -0.25) is 14.3 Å². The van der Waals surface area contributed by atoms with Gasteiger partial charge in [0.05, 0.1) is 28.7 Å². The Morgan fingerprint density at radius 3 is 2.67 bits per heavy atom. The second kappa shape index (κ2) is 9.77. The Bertz CT molecular complexity index is 1300. The van der Waals surface area contributed by atoms with Crippen LogP contribution in [0.25, 0.3) is 0 Å². The number of carbonyl (C=O) groups is 2. The lowest BCUT2D eigenvalue weighted by Gasteiger charge is -2.40. The van der Waals surface area contributed by atoms with Gasteiger partial charge in [-0.05, 0) is 56.2 Å². The van der Waals surface area contributed by atoms with Crippen molar-refractivity contribution in [2.75, 3.05) is 16.8 Å². The smallest absolute Gasteiger partial charge is 0.271 e. The zero-order valence-electron chi connectivity index (χ0n) is 20.2. The number of amides is 2. The van der Waals surface area contributed by atoms with E-state index in [1.807, 2.05) is 25.1 Å². The van der Waals surface area contributed by atoms with Crippen LogP contribution in [0.1, 0.15) is 64.9 Å². The van der Waals surface area contributed by atoms with Crippen molar-refractivity contribution in [3.63, 3.8) is 0 Å². The molecule has 188 valence electrons. The van der Waals surface area contributed by atoms with Crippen molar-refractivity contribution >= 4 is 40.7 Å². The summed E-state index contributed by atoms with van der Waals surface area (Å²) in [6.07, 6.45) is 8.97. The molecule has 4 N–H and O–H groups in total. The van der Waals surface area contributed by atoms with E-state index in [2.05, 4.69) is 30.6 Å². The van der Waals surface area contributed by atoms with Gasteiger partial charge in [0.25, 0.3) is 11.8 Å². The molecule has 36 heavy (non-hydrogen) atoms. The number of piperidine rings is 1. The molecule has 1 aromatic carbocycles. The summed E-state index contributed by atoms with van der Waals surface area (Å²) in [5.74, 6) is 0.557. The minimum atomic E-state index is -0.679. The largest absolute Gasteiger partial charge is 0.364 e. The fraction of sp³-hybridized carbons (Fsp3) is 0.400. The summed E-state index contributed by atoms with van der Waals surface area (Å²) in [6.45, 7) is 2.78. The van der Waals surface area contributed by atoms with E-state index >= 15 is 0 Å². The third kappa shape index (κ3) is 4.99. The van der Waals surface area contributed by atoms with Gasteiger partial charge >= 0.3 is 0 Å². The molecule has 0 radical (unpaired) electrons. The first-order valence-electron chi connectivity index (χ1n) is 12.1. The summed E-state index contributed by atoms with van der Waals surface area (Å²) < 4.78 is 1.63. The van der Waals surface area contributed by atoms with E-state index in [0.717, 1.165) is 19.4 Å². The molecule has 10 nitrogen and oxygen atoms in total. The lowest BCUT2D eigenvalue weighted by Crippen LogP contribution is -2.54. The molecule has 3 heterocycles. The van der Waals surface area contributed by atoms with Crippen LogP contribution in [0.2, 0.25) is 5.02 Å². The van der Waals surface area contributed by atoms with Crippen molar-refractivity contribution in [3.8, 4) is 0 Å². The Kier molecular flexibility index (Phi) is 6.53. The molecule has 1 saturated heterocycles. The first-order chi connectivity index (χ1) is 17.3. The SMILES string of the molecule is C[C@@H]1[C@H](NC(=O)c2ccc(C3CC3)cc2Cl)CCCN1c1cnc(C(N)=O)c(Nc2cnn(C)c2)n1. The second-order valence-electron chi connectivity index (χ2n) is 9.49. The van der Waals surface area contributed by atoms with Crippen LogP contribution in [-0.4, -0.2) is 50.2 Å². The first-order valence-corrected chi connectivity index (χ1v) is 12.5. The summed E-state index contributed by atoms with van der Waals surface area (Å²) in [7, 11) is 1.79. The molecule has 0 unspecified atom stereocenters. The highest BCUT2D eigenvalue weighted by Crippen LogP contribution is 2.41. The Labute approximate surface area is 214 Å². The van der Waals surface area contributed by atoms with Crippen molar-refractivity contribution in [3.05, 3.63) is 58.6 Å². The average molecular weight is 509 g/mol. The molecule has 1 aliphatic carbocycles. The number of benzene rings is 1. The normalized spacial score (nSPS) is 19.7. The van der Waals surface area contributed by atoms with Crippen LogP contribution in [0, 0.1) is 0 Å². The van der Waals surface area contributed by atoms with E-state index in [0.29, 0.717) is 28.0 Å². The number of aromatic nitrogens is 4. The molecular formula is C25H29ClN8O2. The maximum Gasteiger partial charge on any atom is 0.271 e. The fourth-order valence-electron chi connectivity index (χ4n) is 4.70. The monoisotopic (exact) mass is 508 g/mol. The second-order valence-corrected chi connectivity index (χ2v) is 9.89. The van der Waals surface area contributed by atoms with Crippen LogP contribution < -0.4 is 21.3 Å². The zero-order chi connectivity index (χ0) is 25.4. The number of anilines is 3. The number of carbonyl (C=O) groups excluding carboxylic acids is 2. The Morgan fingerprint density at radius 2 is 2.00 bits per heavy atom. The average Bonchev–Trinajstić information content (AvgIpc) is 3.62. The number of hydrogen-bond donors (Lipinski definition) is 3. The third-order valence-electron chi connectivity index (χ3n) is 6.85. The van der Waals surface area contributed by atoms with Crippen molar-refractivity contribution < 1.29 is 9.59 Å². The van der Waals surface area contributed by atoms with Crippen molar-refractivity contribution in [2.45, 2.75) is 50.6 Å². The Morgan fingerprint density at radius 1 is 1.19 bits per heavy atom. The van der Waals surface area contributed by atoms with Crippen LogP contribution >= 0.6 is 11.6 Å². The molecule has 0 bridgehead atoms. The topological polar surface area (TPSA) is 131 Å². The maximum atomic E-state index is 13.1. The van der Waals surface area contributed by atoms with Crippen LogP contribution in [0.3, 0.4) is 0 Å². The standard InChI is InChI=1S/C25H29ClN8O2/c1-14-20(31-25(36)18-8-7-16(10-19(18)26)15-5-6-15)4-3-9-34(14)21-12-28-22(23(27)35)24(32-21)30-17-11-29-33(2)13-17/h7-8,10-15,20H,3-6,9H2,1-2H3,(H2,27,35)(H,30,32)(H,31,36)/t14-,20-/m1/s1. The molecule has 2 atom stereocenters. The van der Waals surface area contributed by atoms with Gasteiger partial charge < -0.3 is 21.3 Å². The molecule has 11 heteroatoms. The number of rotatable bonds is 7. The first kappa shape index (κ1) is 24.1. The van der Waals surface area contributed by atoms with E-state index in [9.17, 15) is 9.59 Å². The molecule has 0 spiro atoms. The number of nitrogens with zero attached hydrogens (tertiary/aromatic N) is 5. The van der Waals surface area contributed by atoms with Crippen molar-refractivity contribution in [1.29, 1.82) is 0 Å². The zero-order valence-corrected chi connectivity index (χ0v) is 21.0. The van der Waals surface area contributed by atoms with E-state index in [1.165, 1.54) is 18.4 Å². The number of aryl methyl sites for hydroxylation is 1. The van der Waals surface area contributed by atoms with Crippen molar-refractivity contribution in [1.82, 2.24) is 25.1 Å². The third-order valence-corrected chi connectivity index (χ3v) is 7.16. The molecule has 2 aromatic heterocycles.